The van der Waals surface area contributed by atoms with Crippen molar-refractivity contribution in [2.75, 3.05) is 52.5 Å². The number of hydrogen-bond acceptors (Lipinski definition) is 7. The number of thiophene rings is 1. The first-order valence-electron chi connectivity index (χ1n) is 11.2. The number of likely N-dealkylation sites (tertiary alicyclic amines) is 1. The van der Waals surface area contributed by atoms with Gasteiger partial charge in [-0.2, -0.15) is 11.3 Å². The summed E-state index contributed by atoms with van der Waals surface area (Å²) in [5, 5.41) is 24.1. The Kier molecular flexibility index (Phi) is 8.30. The van der Waals surface area contributed by atoms with Gasteiger partial charge in [0.25, 0.3) is 6.47 Å². The van der Waals surface area contributed by atoms with E-state index in [4.69, 9.17) is 19.4 Å². The van der Waals surface area contributed by atoms with E-state index in [1.165, 1.54) is 10.8 Å². The number of aliphatic hydroxyl groups is 1. The lowest BCUT2D eigenvalue weighted by molar-refractivity contribution is -0.122. The summed E-state index contributed by atoms with van der Waals surface area (Å²) in [5.41, 5.74) is 2.27. The summed E-state index contributed by atoms with van der Waals surface area (Å²) in [5.74, 6) is 0.834. The Bertz CT molecular complexity index is 1020. The molecule has 2 aliphatic heterocycles. The number of carbonyl (C=O) groups is 1. The van der Waals surface area contributed by atoms with Crippen molar-refractivity contribution in [2.24, 2.45) is 0 Å². The maximum absolute atomic E-state index is 10.6. The summed E-state index contributed by atoms with van der Waals surface area (Å²) >= 11 is 1.68. The van der Waals surface area contributed by atoms with Gasteiger partial charge in [0.15, 0.2) is 0 Å². The second-order valence-corrected chi connectivity index (χ2v) is 9.04. The van der Waals surface area contributed by atoms with Crippen molar-refractivity contribution in [3.05, 3.63) is 53.2 Å². The molecular formula is C25H30N2O5S. The highest BCUT2D eigenvalue weighted by molar-refractivity contribution is 7.08. The highest BCUT2D eigenvalue weighted by Crippen LogP contribution is 2.38. The SMILES string of the molecule is O=CO.OC(COc1ccc2ccccc2c1-c1ccsc1)CN1CC(N2CCOCC2)C1. The van der Waals surface area contributed by atoms with Crippen LogP contribution in [0.1, 0.15) is 0 Å². The second kappa shape index (κ2) is 11.6. The van der Waals surface area contributed by atoms with Gasteiger partial charge in [-0.25, -0.2) is 0 Å². The number of morpholine rings is 1. The first-order chi connectivity index (χ1) is 16.2. The number of nitrogens with zero attached hydrogens (tertiary/aromatic N) is 2. The average Bonchev–Trinajstić information content (AvgIpc) is 3.35. The van der Waals surface area contributed by atoms with E-state index >= 15 is 0 Å². The molecule has 0 amide bonds. The molecule has 2 fully saturated rings. The van der Waals surface area contributed by atoms with Crippen LogP contribution >= 0.6 is 11.3 Å². The molecule has 5 rings (SSSR count). The van der Waals surface area contributed by atoms with Crippen molar-refractivity contribution in [1.29, 1.82) is 0 Å². The van der Waals surface area contributed by atoms with E-state index in [-0.39, 0.29) is 6.47 Å². The minimum Gasteiger partial charge on any atom is -0.490 e. The van der Waals surface area contributed by atoms with Crippen LogP contribution in [0.3, 0.4) is 0 Å². The maximum Gasteiger partial charge on any atom is 0.290 e. The minimum absolute atomic E-state index is 0.250. The molecule has 3 aromatic rings. The summed E-state index contributed by atoms with van der Waals surface area (Å²) in [7, 11) is 0. The van der Waals surface area contributed by atoms with Crippen LogP contribution in [0, 0.1) is 0 Å². The standard InChI is InChI=1S/C24H28N2O3S.CH2O2/c27-21(15-25-13-20(14-25)26-8-10-28-11-9-26)16-29-23-6-5-18-3-1-2-4-22(18)24(23)19-7-12-30-17-19;2-1-3/h1-7,12,17,20-21,27H,8-11,13-16H2;1H,(H,2,3). The van der Waals surface area contributed by atoms with E-state index in [1.54, 1.807) is 11.3 Å². The summed E-state index contributed by atoms with van der Waals surface area (Å²) in [6.45, 7) is 6.47. The van der Waals surface area contributed by atoms with E-state index in [2.05, 4.69) is 57.0 Å². The van der Waals surface area contributed by atoms with Gasteiger partial charge in [-0.1, -0.05) is 30.3 Å². The van der Waals surface area contributed by atoms with Crippen molar-refractivity contribution in [2.45, 2.75) is 12.1 Å². The van der Waals surface area contributed by atoms with Crippen LogP contribution in [0.5, 0.6) is 5.75 Å². The quantitative estimate of drug-likeness (QED) is 0.514. The molecule has 2 aliphatic rings. The summed E-state index contributed by atoms with van der Waals surface area (Å²) in [6, 6.07) is 15.2. The Labute approximate surface area is 197 Å². The van der Waals surface area contributed by atoms with E-state index < -0.39 is 6.10 Å². The van der Waals surface area contributed by atoms with Crippen LogP contribution in [0.2, 0.25) is 0 Å². The summed E-state index contributed by atoms with van der Waals surface area (Å²) < 4.78 is 11.6. The van der Waals surface area contributed by atoms with E-state index in [1.807, 2.05) is 6.07 Å². The molecule has 3 heterocycles. The molecule has 0 bridgehead atoms. The van der Waals surface area contributed by atoms with Crippen molar-refractivity contribution in [1.82, 2.24) is 9.80 Å². The average molecular weight is 471 g/mol. The van der Waals surface area contributed by atoms with E-state index in [0.29, 0.717) is 19.2 Å². The fourth-order valence-electron chi connectivity index (χ4n) is 4.48. The number of rotatable bonds is 7. The van der Waals surface area contributed by atoms with Crippen LogP contribution in [-0.4, -0.2) is 91.2 Å². The Morgan fingerprint density at radius 2 is 1.91 bits per heavy atom. The predicted molar refractivity (Wildman–Crippen MR) is 130 cm³/mol. The Morgan fingerprint density at radius 3 is 2.64 bits per heavy atom. The molecule has 0 spiro atoms. The van der Waals surface area contributed by atoms with Crippen molar-refractivity contribution >= 4 is 28.6 Å². The van der Waals surface area contributed by atoms with Crippen molar-refractivity contribution in [3.63, 3.8) is 0 Å². The minimum atomic E-state index is -0.502. The molecule has 2 aromatic carbocycles. The number of β-amino-alcohol motifs (C(OH)–C–C–N with tert-alkyl or cyclic N) is 1. The van der Waals surface area contributed by atoms with Gasteiger partial charge in [-0.05, 0) is 39.2 Å². The molecular weight excluding hydrogens is 440 g/mol. The maximum atomic E-state index is 10.6. The monoisotopic (exact) mass is 470 g/mol. The van der Waals surface area contributed by atoms with Gasteiger partial charge in [0, 0.05) is 44.3 Å². The molecule has 33 heavy (non-hydrogen) atoms. The third-order valence-corrected chi connectivity index (χ3v) is 6.78. The zero-order valence-corrected chi connectivity index (χ0v) is 19.3. The third-order valence-electron chi connectivity index (χ3n) is 6.10. The van der Waals surface area contributed by atoms with E-state index in [9.17, 15) is 5.11 Å². The molecule has 0 saturated carbocycles. The van der Waals surface area contributed by atoms with Crippen LogP contribution in [0.25, 0.3) is 21.9 Å². The Balaban J connectivity index is 0.000000821. The number of fused-ring (bicyclic) bond motifs is 1. The predicted octanol–water partition coefficient (Wildman–Crippen LogP) is 3.03. The summed E-state index contributed by atoms with van der Waals surface area (Å²) in [6.07, 6.45) is -0.502. The largest absolute Gasteiger partial charge is 0.490 e. The smallest absolute Gasteiger partial charge is 0.290 e. The summed E-state index contributed by atoms with van der Waals surface area (Å²) in [4.78, 5) is 13.2. The van der Waals surface area contributed by atoms with Gasteiger partial charge in [0.1, 0.15) is 18.5 Å². The number of ether oxygens (including phenoxy) is 2. The first kappa shape index (κ1) is 23.7. The molecule has 7 nitrogen and oxygen atoms in total. The fraction of sp³-hybridized carbons (Fsp3) is 0.400. The van der Waals surface area contributed by atoms with Crippen LogP contribution in [0.4, 0.5) is 0 Å². The highest BCUT2D eigenvalue weighted by atomic mass is 32.1. The molecule has 8 heteroatoms. The third kappa shape index (κ3) is 5.90. The number of carboxylic acid groups (broad SMARTS) is 1. The molecule has 2 N–H and O–H groups in total. The molecule has 2 saturated heterocycles. The van der Waals surface area contributed by atoms with Crippen LogP contribution in [-0.2, 0) is 9.53 Å². The Morgan fingerprint density at radius 1 is 1.15 bits per heavy atom. The lowest BCUT2D eigenvalue weighted by Gasteiger charge is -2.47. The molecule has 176 valence electrons. The molecule has 1 atom stereocenters. The lowest BCUT2D eigenvalue weighted by atomic mass is 9.99. The van der Waals surface area contributed by atoms with Crippen LogP contribution < -0.4 is 4.74 Å². The van der Waals surface area contributed by atoms with Crippen molar-refractivity contribution < 1.29 is 24.5 Å². The lowest BCUT2D eigenvalue weighted by Crippen LogP contribution is -2.62. The number of aliphatic hydroxyl groups excluding tert-OH is 1. The second-order valence-electron chi connectivity index (χ2n) is 8.26. The van der Waals surface area contributed by atoms with Gasteiger partial charge < -0.3 is 19.7 Å². The Hall–Kier alpha value is -2.49. The van der Waals surface area contributed by atoms with Gasteiger partial charge in [-0.15, -0.1) is 0 Å². The topological polar surface area (TPSA) is 82.5 Å². The van der Waals surface area contributed by atoms with E-state index in [0.717, 1.165) is 56.3 Å². The van der Waals surface area contributed by atoms with Gasteiger partial charge in [0.05, 0.1) is 13.2 Å². The fourth-order valence-corrected chi connectivity index (χ4v) is 5.13. The highest BCUT2D eigenvalue weighted by Gasteiger charge is 2.33. The first-order valence-corrected chi connectivity index (χ1v) is 12.1. The van der Waals surface area contributed by atoms with Crippen molar-refractivity contribution in [3.8, 4) is 16.9 Å². The zero-order chi connectivity index (χ0) is 23.0. The molecule has 1 aromatic heterocycles. The molecule has 0 aliphatic carbocycles. The number of benzene rings is 2. The van der Waals surface area contributed by atoms with Gasteiger partial charge in [0.2, 0.25) is 0 Å². The zero-order valence-electron chi connectivity index (χ0n) is 18.5. The molecule has 1 unspecified atom stereocenters. The van der Waals surface area contributed by atoms with Crippen LogP contribution in [0.15, 0.2) is 53.2 Å². The molecule has 0 radical (unpaired) electrons. The van der Waals surface area contributed by atoms with Gasteiger partial charge in [-0.3, -0.25) is 14.6 Å². The normalized spacial score (nSPS) is 18.2. The van der Waals surface area contributed by atoms with Gasteiger partial charge >= 0.3 is 0 Å². The number of hydrogen-bond donors (Lipinski definition) is 2.